The van der Waals surface area contributed by atoms with Crippen LogP contribution in [0.4, 0.5) is 5.69 Å². The van der Waals surface area contributed by atoms with Crippen LogP contribution in [0.2, 0.25) is 0 Å². The number of nitrogens with one attached hydrogen (secondary N) is 1. The van der Waals surface area contributed by atoms with Crippen LogP contribution in [-0.4, -0.2) is 34.7 Å². The normalized spacial score (nSPS) is 11.2. The number of carbonyl (C=O) groups excluding carboxylic acids is 1. The number of ether oxygens (including phenoxy) is 2. The van der Waals surface area contributed by atoms with Gasteiger partial charge in [0.1, 0.15) is 23.6 Å². The number of nitrogens with zero attached hydrogens (tertiary/aromatic N) is 3. The predicted octanol–water partition coefficient (Wildman–Crippen LogP) is 5.16. The lowest BCUT2D eigenvalue weighted by Crippen LogP contribution is -2.19. The molecule has 0 radical (unpaired) electrons. The second kappa shape index (κ2) is 8.12. The van der Waals surface area contributed by atoms with Gasteiger partial charge in [-0.3, -0.25) is 4.79 Å². The van der Waals surface area contributed by atoms with Crippen molar-refractivity contribution in [1.82, 2.24) is 14.5 Å². The van der Waals surface area contributed by atoms with Gasteiger partial charge in [-0.2, -0.15) is 0 Å². The Morgan fingerprint density at radius 3 is 2.53 bits per heavy atom. The number of halogens is 1. The molecule has 0 aliphatic rings. The summed E-state index contributed by atoms with van der Waals surface area (Å²) >= 11 is 3.54. The van der Waals surface area contributed by atoms with Gasteiger partial charge in [0.05, 0.1) is 36.5 Å². The van der Waals surface area contributed by atoms with Crippen LogP contribution in [0, 0.1) is 0 Å². The van der Waals surface area contributed by atoms with E-state index in [1.807, 2.05) is 47.0 Å². The molecule has 0 fully saturated rings. The van der Waals surface area contributed by atoms with Crippen molar-refractivity contribution in [2.24, 2.45) is 0 Å². The molecule has 0 saturated heterocycles. The van der Waals surface area contributed by atoms with Gasteiger partial charge < -0.3 is 19.4 Å². The zero-order valence-electron chi connectivity index (χ0n) is 17.4. The highest BCUT2D eigenvalue weighted by Crippen LogP contribution is 2.32. The second-order valence-electron chi connectivity index (χ2n) is 7.25. The van der Waals surface area contributed by atoms with Gasteiger partial charge in [-0.05, 0) is 42.5 Å². The van der Waals surface area contributed by atoms with Crippen molar-refractivity contribution in [2.45, 2.75) is 6.54 Å². The standard InChI is InChI=1S/C24H19BrN4O3/c1-31-15-8-10-21(32-2)19(12-15)26-22(30)13-29-20-9-7-14(25)11-16(20)23-24(29)28-18-6-4-3-5-17(18)27-23/h3-12H,13H2,1-2H3,(H,26,30). The van der Waals surface area contributed by atoms with Gasteiger partial charge in [0, 0.05) is 15.9 Å². The number of methoxy groups -OCH3 is 2. The van der Waals surface area contributed by atoms with Gasteiger partial charge in [0.25, 0.3) is 0 Å². The number of carbonyl (C=O) groups is 1. The van der Waals surface area contributed by atoms with Crippen molar-refractivity contribution in [3.8, 4) is 11.5 Å². The Labute approximate surface area is 192 Å². The number of rotatable bonds is 5. The number of hydrogen-bond acceptors (Lipinski definition) is 5. The monoisotopic (exact) mass is 490 g/mol. The molecule has 8 heteroatoms. The van der Waals surface area contributed by atoms with Gasteiger partial charge >= 0.3 is 0 Å². The summed E-state index contributed by atoms with van der Waals surface area (Å²) in [6, 6.07) is 18.9. The predicted molar refractivity (Wildman–Crippen MR) is 128 cm³/mol. The summed E-state index contributed by atoms with van der Waals surface area (Å²) in [6.45, 7) is 0.0645. The molecule has 0 unspecified atom stereocenters. The Balaban J connectivity index is 1.60. The maximum Gasteiger partial charge on any atom is 0.244 e. The first-order valence-corrected chi connectivity index (χ1v) is 10.7. The molecular weight excluding hydrogens is 472 g/mol. The van der Waals surface area contributed by atoms with E-state index in [-0.39, 0.29) is 12.5 Å². The molecule has 32 heavy (non-hydrogen) atoms. The molecule has 0 atom stereocenters. The van der Waals surface area contributed by atoms with Crippen LogP contribution >= 0.6 is 15.9 Å². The van der Waals surface area contributed by atoms with Crippen LogP contribution in [-0.2, 0) is 11.3 Å². The summed E-state index contributed by atoms with van der Waals surface area (Å²) in [5.74, 6) is 0.962. The van der Waals surface area contributed by atoms with Crippen molar-refractivity contribution >= 4 is 60.6 Å². The largest absolute Gasteiger partial charge is 0.497 e. The summed E-state index contributed by atoms with van der Waals surface area (Å²) in [7, 11) is 3.13. The molecule has 1 amide bonds. The fourth-order valence-electron chi connectivity index (χ4n) is 3.81. The Kier molecular flexibility index (Phi) is 5.14. The van der Waals surface area contributed by atoms with Crippen molar-refractivity contribution < 1.29 is 14.3 Å². The van der Waals surface area contributed by atoms with Crippen LogP contribution in [0.1, 0.15) is 0 Å². The molecule has 1 N–H and O–H groups in total. The summed E-state index contributed by atoms with van der Waals surface area (Å²) < 4.78 is 13.5. The maximum absolute atomic E-state index is 13.1. The van der Waals surface area contributed by atoms with E-state index in [2.05, 4.69) is 21.2 Å². The fraction of sp³-hybridized carbons (Fsp3) is 0.125. The highest BCUT2D eigenvalue weighted by molar-refractivity contribution is 9.10. The molecule has 2 heterocycles. The molecule has 3 aromatic carbocycles. The Morgan fingerprint density at radius 2 is 1.78 bits per heavy atom. The Hall–Kier alpha value is -3.65. The molecule has 160 valence electrons. The van der Waals surface area contributed by atoms with Crippen molar-refractivity contribution in [3.63, 3.8) is 0 Å². The lowest BCUT2D eigenvalue weighted by atomic mass is 10.2. The van der Waals surface area contributed by atoms with Crippen LogP contribution in [0.25, 0.3) is 33.1 Å². The fourth-order valence-corrected chi connectivity index (χ4v) is 4.17. The smallest absolute Gasteiger partial charge is 0.244 e. The maximum atomic E-state index is 13.1. The molecule has 0 aliphatic carbocycles. The van der Waals surface area contributed by atoms with Gasteiger partial charge in [-0.25, -0.2) is 9.97 Å². The van der Waals surface area contributed by atoms with Gasteiger partial charge in [0.15, 0.2) is 5.65 Å². The van der Waals surface area contributed by atoms with Gasteiger partial charge in [0.2, 0.25) is 5.91 Å². The van der Waals surface area contributed by atoms with E-state index in [1.54, 1.807) is 32.4 Å². The van der Waals surface area contributed by atoms with E-state index in [0.717, 1.165) is 31.9 Å². The van der Waals surface area contributed by atoms with E-state index in [0.29, 0.717) is 22.8 Å². The number of hydrogen-bond donors (Lipinski definition) is 1. The highest BCUT2D eigenvalue weighted by atomic mass is 79.9. The molecule has 5 rings (SSSR count). The number of benzene rings is 3. The number of para-hydroxylation sites is 2. The second-order valence-corrected chi connectivity index (χ2v) is 8.16. The molecule has 0 aliphatic heterocycles. The van der Waals surface area contributed by atoms with E-state index < -0.39 is 0 Å². The SMILES string of the molecule is COc1ccc(OC)c(NC(=O)Cn2c3ccc(Br)cc3c3nc4ccccc4nc32)c1. The van der Waals surface area contributed by atoms with Gasteiger partial charge in [-0.1, -0.05) is 28.1 Å². The first-order valence-electron chi connectivity index (χ1n) is 9.93. The van der Waals surface area contributed by atoms with Crippen LogP contribution in [0.15, 0.2) is 65.1 Å². The lowest BCUT2D eigenvalue weighted by Gasteiger charge is -2.13. The van der Waals surface area contributed by atoms with E-state index >= 15 is 0 Å². The summed E-state index contributed by atoms with van der Waals surface area (Å²) in [6.07, 6.45) is 0. The van der Waals surface area contributed by atoms with E-state index in [4.69, 9.17) is 19.4 Å². The average Bonchev–Trinajstić information content (AvgIpc) is 3.09. The first-order chi connectivity index (χ1) is 15.6. The third kappa shape index (κ3) is 3.52. The number of fused-ring (bicyclic) bond motifs is 4. The lowest BCUT2D eigenvalue weighted by molar-refractivity contribution is -0.116. The zero-order valence-corrected chi connectivity index (χ0v) is 19.0. The number of anilines is 1. The third-order valence-electron chi connectivity index (χ3n) is 5.29. The van der Waals surface area contributed by atoms with Crippen molar-refractivity contribution in [2.75, 3.05) is 19.5 Å². The molecule has 0 spiro atoms. The molecule has 5 aromatic rings. The average molecular weight is 491 g/mol. The van der Waals surface area contributed by atoms with Crippen molar-refractivity contribution in [3.05, 3.63) is 65.1 Å². The zero-order chi connectivity index (χ0) is 22.2. The minimum Gasteiger partial charge on any atom is -0.497 e. The van der Waals surface area contributed by atoms with Crippen LogP contribution < -0.4 is 14.8 Å². The van der Waals surface area contributed by atoms with Crippen LogP contribution in [0.3, 0.4) is 0 Å². The third-order valence-corrected chi connectivity index (χ3v) is 5.79. The number of amides is 1. The van der Waals surface area contributed by atoms with E-state index in [9.17, 15) is 4.79 Å². The first kappa shape index (κ1) is 20.3. The summed E-state index contributed by atoms with van der Waals surface area (Å²) in [5.41, 5.74) is 4.42. The van der Waals surface area contributed by atoms with Crippen LogP contribution in [0.5, 0.6) is 11.5 Å². The molecule has 2 aromatic heterocycles. The van der Waals surface area contributed by atoms with Crippen molar-refractivity contribution in [1.29, 1.82) is 0 Å². The highest BCUT2D eigenvalue weighted by Gasteiger charge is 2.18. The molecule has 0 bridgehead atoms. The molecule has 0 saturated carbocycles. The quantitative estimate of drug-likeness (QED) is 0.368. The topological polar surface area (TPSA) is 78.3 Å². The molecular formula is C24H19BrN4O3. The number of aromatic nitrogens is 3. The van der Waals surface area contributed by atoms with Gasteiger partial charge in [-0.15, -0.1) is 0 Å². The molecule has 7 nitrogen and oxygen atoms in total. The minimum absolute atomic E-state index is 0.0645. The summed E-state index contributed by atoms with van der Waals surface area (Å²) in [4.78, 5) is 22.7. The Bertz CT molecular complexity index is 1500. The minimum atomic E-state index is -0.215. The van der Waals surface area contributed by atoms with E-state index in [1.165, 1.54) is 0 Å². The summed E-state index contributed by atoms with van der Waals surface area (Å²) in [5, 5.41) is 3.86. The Morgan fingerprint density at radius 1 is 1.00 bits per heavy atom.